The standard InChI is InChI=1S/C12H13NO4/c14-7-4-12-5(3-9(15)16-12)10-6-1-2-8(12)13(6)17-11(7)10/h3,6-8,10-11,14H,1-2,4H2/t6-,7+,8+,10+,11+,12+/m0/s1. The Kier molecular flexibility index (Phi) is 1.30. The lowest BCUT2D eigenvalue weighted by Gasteiger charge is -2.47. The number of hydroxylamine groups is 2. The molecular weight excluding hydrogens is 222 g/mol. The van der Waals surface area contributed by atoms with Crippen LogP contribution in [0.15, 0.2) is 11.6 Å². The molecule has 0 radical (unpaired) electrons. The van der Waals surface area contributed by atoms with Crippen molar-refractivity contribution in [2.24, 2.45) is 5.92 Å². The molecule has 0 aromatic rings. The Morgan fingerprint density at radius 1 is 1.47 bits per heavy atom. The monoisotopic (exact) mass is 235 g/mol. The molecule has 5 aliphatic rings. The van der Waals surface area contributed by atoms with E-state index in [4.69, 9.17) is 9.57 Å². The van der Waals surface area contributed by atoms with Crippen LogP contribution in [0.2, 0.25) is 0 Å². The Morgan fingerprint density at radius 3 is 3.24 bits per heavy atom. The minimum atomic E-state index is -0.582. The maximum absolute atomic E-state index is 11.6. The molecule has 3 saturated heterocycles. The summed E-state index contributed by atoms with van der Waals surface area (Å²) in [5.74, 6) is -0.0869. The van der Waals surface area contributed by atoms with Crippen LogP contribution < -0.4 is 0 Å². The highest BCUT2D eigenvalue weighted by Gasteiger charge is 2.73. The molecule has 5 bridgehead atoms. The van der Waals surface area contributed by atoms with E-state index in [2.05, 4.69) is 0 Å². The summed E-state index contributed by atoms with van der Waals surface area (Å²) < 4.78 is 5.61. The molecule has 4 heterocycles. The van der Waals surface area contributed by atoms with E-state index in [0.717, 1.165) is 18.4 Å². The van der Waals surface area contributed by atoms with E-state index in [1.165, 1.54) is 0 Å². The van der Waals surface area contributed by atoms with Gasteiger partial charge in [-0.15, -0.1) is 0 Å². The third-order valence-corrected chi connectivity index (χ3v) is 5.22. The Labute approximate surface area is 97.9 Å². The van der Waals surface area contributed by atoms with Gasteiger partial charge in [-0.3, -0.25) is 4.84 Å². The van der Waals surface area contributed by atoms with Crippen molar-refractivity contribution in [3.63, 3.8) is 0 Å². The molecular formula is C12H13NO4. The second-order valence-corrected chi connectivity index (χ2v) is 5.80. The Balaban J connectivity index is 1.80. The molecule has 90 valence electrons. The molecule has 1 unspecified atom stereocenters. The zero-order chi connectivity index (χ0) is 11.4. The Morgan fingerprint density at radius 2 is 2.35 bits per heavy atom. The summed E-state index contributed by atoms with van der Waals surface area (Å²) in [6.45, 7) is 0. The van der Waals surface area contributed by atoms with Crippen LogP contribution in [-0.4, -0.2) is 46.0 Å². The molecule has 17 heavy (non-hydrogen) atoms. The first-order valence-corrected chi connectivity index (χ1v) is 6.29. The van der Waals surface area contributed by atoms with Crippen molar-refractivity contribution >= 4 is 5.97 Å². The minimum absolute atomic E-state index is 0.114. The molecule has 5 heteroatoms. The van der Waals surface area contributed by atoms with Crippen molar-refractivity contribution in [3.05, 3.63) is 11.6 Å². The number of esters is 1. The lowest BCUT2D eigenvalue weighted by Crippen LogP contribution is -2.60. The van der Waals surface area contributed by atoms with Crippen LogP contribution in [0.5, 0.6) is 0 Å². The fourth-order valence-corrected chi connectivity index (χ4v) is 4.74. The van der Waals surface area contributed by atoms with Gasteiger partial charge < -0.3 is 9.84 Å². The maximum Gasteiger partial charge on any atom is 0.331 e. The summed E-state index contributed by atoms with van der Waals surface area (Å²) in [6.07, 6.45) is 3.54. The van der Waals surface area contributed by atoms with Crippen LogP contribution in [0.1, 0.15) is 19.3 Å². The molecule has 0 amide bonds. The largest absolute Gasteiger partial charge is 0.449 e. The van der Waals surface area contributed by atoms with E-state index in [0.29, 0.717) is 12.5 Å². The molecule has 5 nitrogen and oxygen atoms in total. The summed E-state index contributed by atoms with van der Waals surface area (Å²) in [5.41, 5.74) is 0.514. The number of ether oxygens (including phenoxy) is 1. The lowest BCUT2D eigenvalue weighted by molar-refractivity contribution is -0.196. The number of aliphatic hydroxyl groups excluding tert-OH is 1. The van der Waals surface area contributed by atoms with Gasteiger partial charge in [0.05, 0.1) is 12.1 Å². The SMILES string of the molecule is O=C1C=C2[C@H]3[C@@H]4ON5[C@H]3CC[C@@H]5[C@]2(C[C@H]4O)O1. The molecule has 5 rings (SSSR count). The number of hydrogen-bond donors (Lipinski definition) is 1. The lowest BCUT2D eigenvalue weighted by atomic mass is 9.66. The fraction of sp³-hybridized carbons (Fsp3) is 0.750. The number of aliphatic hydroxyl groups is 1. The van der Waals surface area contributed by atoms with Gasteiger partial charge in [-0.2, -0.15) is 5.06 Å². The second-order valence-electron chi connectivity index (χ2n) is 5.80. The Hall–Kier alpha value is -0.910. The highest BCUT2D eigenvalue weighted by molar-refractivity contribution is 5.87. The molecule has 0 spiro atoms. The number of piperidine rings is 1. The van der Waals surface area contributed by atoms with Gasteiger partial charge in [0.25, 0.3) is 0 Å². The molecule has 4 aliphatic heterocycles. The normalized spacial score (nSPS) is 61.5. The van der Waals surface area contributed by atoms with Crippen molar-refractivity contribution in [2.75, 3.05) is 0 Å². The average molecular weight is 235 g/mol. The van der Waals surface area contributed by atoms with Crippen molar-refractivity contribution in [2.45, 2.75) is 49.2 Å². The number of carbonyl (C=O) groups excluding carboxylic acids is 1. The first-order chi connectivity index (χ1) is 8.21. The van der Waals surface area contributed by atoms with Crippen molar-refractivity contribution in [1.29, 1.82) is 0 Å². The van der Waals surface area contributed by atoms with E-state index in [9.17, 15) is 9.90 Å². The highest BCUT2D eigenvalue weighted by Crippen LogP contribution is 2.62. The van der Waals surface area contributed by atoms with Gasteiger partial charge in [0.15, 0.2) is 5.60 Å². The second kappa shape index (κ2) is 2.43. The smallest absolute Gasteiger partial charge is 0.331 e. The van der Waals surface area contributed by atoms with Gasteiger partial charge in [0.1, 0.15) is 6.10 Å². The van der Waals surface area contributed by atoms with Crippen LogP contribution in [0.3, 0.4) is 0 Å². The van der Waals surface area contributed by atoms with Crippen molar-refractivity contribution in [1.82, 2.24) is 5.06 Å². The molecule has 0 aromatic heterocycles. The predicted octanol–water partition coefficient (Wildman–Crippen LogP) is -0.250. The van der Waals surface area contributed by atoms with Gasteiger partial charge in [-0.1, -0.05) is 0 Å². The summed E-state index contributed by atoms with van der Waals surface area (Å²) in [5, 5.41) is 12.2. The van der Waals surface area contributed by atoms with Gasteiger partial charge >= 0.3 is 5.97 Å². The van der Waals surface area contributed by atoms with Crippen molar-refractivity contribution in [3.8, 4) is 0 Å². The van der Waals surface area contributed by atoms with E-state index in [1.807, 2.05) is 5.06 Å². The quantitative estimate of drug-likeness (QED) is 0.587. The number of rotatable bonds is 0. The van der Waals surface area contributed by atoms with Crippen LogP contribution in [-0.2, 0) is 14.4 Å². The minimum Gasteiger partial charge on any atom is -0.449 e. The molecule has 1 aliphatic carbocycles. The van der Waals surface area contributed by atoms with Crippen LogP contribution in [0.4, 0.5) is 0 Å². The van der Waals surface area contributed by atoms with E-state index in [-0.39, 0.29) is 24.0 Å². The summed E-state index contributed by atoms with van der Waals surface area (Å²) >= 11 is 0. The number of carbonyl (C=O) groups is 1. The predicted molar refractivity (Wildman–Crippen MR) is 54.5 cm³/mol. The Bertz CT molecular complexity index is 475. The molecule has 4 fully saturated rings. The van der Waals surface area contributed by atoms with Crippen molar-refractivity contribution < 1.29 is 19.5 Å². The van der Waals surface area contributed by atoms with Gasteiger partial charge in [-0.05, 0) is 18.4 Å². The third kappa shape index (κ3) is 0.766. The van der Waals surface area contributed by atoms with E-state index < -0.39 is 11.7 Å². The first kappa shape index (κ1) is 9.08. The maximum atomic E-state index is 11.6. The van der Waals surface area contributed by atoms with E-state index in [1.54, 1.807) is 6.08 Å². The summed E-state index contributed by atoms with van der Waals surface area (Å²) in [7, 11) is 0. The highest BCUT2D eigenvalue weighted by atomic mass is 16.7. The van der Waals surface area contributed by atoms with Crippen LogP contribution in [0, 0.1) is 5.92 Å². The molecule has 7 atom stereocenters. The van der Waals surface area contributed by atoms with Gasteiger partial charge in [0, 0.05) is 24.5 Å². The molecule has 0 aromatic carbocycles. The molecule has 1 saturated carbocycles. The first-order valence-electron chi connectivity index (χ1n) is 6.29. The van der Waals surface area contributed by atoms with Crippen LogP contribution >= 0.6 is 0 Å². The zero-order valence-electron chi connectivity index (χ0n) is 9.20. The zero-order valence-corrected chi connectivity index (χ0v) is 9.20. The van der Waals surface area contributed by atoms with E-state index >= 15 is 0 Å². The topological polar surface area (TPSA) is 59.0 Å². The average Bonchev–Trinajstić information content (AvgIpc) is 2.84. The fourth-order valence-electron chi connectivity index (χ4n) is 4.74. The molecule has 1 N–H and O–H groups in total. The number of nitrogens with zero attached hydrogens (tertiary/aromatic N) is 1. The third-order valence-electron chi connectivity index (χ3n) is 5.22. The van der Waals surface area contributed by atoms with Gasteiger partial charge in [0.2, 0.25) is 0 Å². The van der Waals surface area contributed by atoms with Gasteiger partial charge in [-0.25, -0.2) is 4.79 Å². The summed E-state index contributed by atoms with van der Waals surface area (Å²) in [4.78, 5) is 17.5. The number of hydrogen-bond acceptors (Lipinski definition) is 5. The summed E-state index contributed by atoms with van der Waals surface area (Å²) in [6, 6.07) is 0.456. The van der Waals surface area contributed by atoms with Crippen LogP contribution in [0.25, 0.3) is 0 Å².